The zero-order valence-corrected chi connectivity index (χ0v) is 25.3. The van der Waals surface area contributed by atoms with Crippen molar-refractivity contribution in [3.8, 4) is 0 Å². The molecular weight excluding hydrogens is 636 g/mol. The Balaban J connectivity index is 0.000000586. The summed E-state index contributed by atoms with van der Waals surface area (Å²) in [5.41, 5.74) is -0.0227. The van der Waals surface area contributed by atoms with Gasteiger partial charge in [-0.25, -0.2) is 4.39 Å². The van der Waals surface area contributed by atoms with Gasteiger partial charge in [0.2, 0.25) is 0 Å². The van der Waals surface area contributed by atoms with Crippen molar-refractivity contribution >= 4 is 42.7 Å². The Morgan fingerprint density at radius 1 is 0.955 bits per heavy atom. The number of pyridine rings is 1. The van der Waals surface area contributed by atoms with Crippen LogP contribution in [0, 0.1) is 5.82 Å². The molecule has 0 aliphatic carbocycles. The normalized spacial score (nSPS) is 14.2. The summed E-state index contributed by atoms with van der Waals surface area (Å²) in [7, 11) is -7.33. The van der Waals surface area contributed by atoms with Crippen LogP contribution in [0.2, 0.25) is 0 Å². The number of nitrogens with one attached hydrogen (secondary N) is 2. The standard InChI is InChI=1S/C24H24F4N4O2.2CH4O3S/c25-17-5-6-20-19(14-17)22(33)15-21(30-20)23(34)29-7-2-8-31-9-11-32(12-10-31)18-4-1-3-16(13-18)24(26,27)28;2*1-5(2,3)4/h1,3-6,13-15H,2,7-12H2,(H,29,34)(H,30,33);2*1H3,(H,2,3,4). The second-order valence-corrected chi connectivity index (χ2v) is 12.6. The minimum atomic E-state index is -4.36. The summed E-state index contributed by atoms with van der Waals surface area (Å²) in [5.74, 6) is -0.941. The first-order valence-corrected chi connectivity index (χ1v) is 16.5. The third kappa shape index (κ3) is 13.8. The summed E-state index contributed by atoms with van der Waals surface area (Å²) >= 11 is 0. The molecule has 2 aromatic carbocycles. The highest BCUT2D eigenvalue weighted by Crippen LogP contribution is 2.31. The lowest BCUT2D eigenvalue weighted by Crippen LogP contribution is -2.47. The first-order valence-electron chi connectivity index (χ1n) is 12.8. The van der Waals surface area contributed by atoms with Crippen LogP contribution >= 0.6 is 0 Å². The molecular formula is C26H32F4N4O8S2. The van der Waals surface area contributed by atoms with E-state index in [1.807, 2.05) is 4.90 Å². The van der Waals surface area contributed by atoms with Crippen molar-refractivity contribution in [2.45, 2.75) is 12.6 Å². The molecule has 244 valence electrons. The molecule has 1 aromatic heterocycles. The van der Waals surface area contributed by atoms with Gasteiger partial charge in [-0.1, -0.05) is 6.07 Å². The largest absolute Gasteiger partial charge is 0.416 e. The number of carbonyl (C=O) groups is 1. The summed E-state index contributed by atoms with van der Waals surface area (Å²) in [5, 5.41) is 2.95. The van der Waals surface area contributed by atoms with Gasteiger partial charge in [0.05, 0.1) is 23.6 Å². The van der Waals surface area contributed by atoms with Crippen LogP contribution in [0.1, 0.15) is 22.5 Å². The number of alkyl halides is 3. The number of amides is 1. The number of nitrogens with zero attached hydrogens (tertiary/aromatic N) is 2. The Morgan fingerprint density at radius 3 is 2.11 bits per heavy atom. The van der Waals surface area contributed by atoms with Crippen molar-refractivity contribution in [3.63, 3.8) is 0 Å². The lowest BCUT2D eigenvalue weighted by Gasteiger charge is -2.36. The maximum Gasteiger partial charge on any atom is 0.416 e. The molecule has 2 heterocycles. The number of H-pyrrole nitrogens is 1. The zero-order valence-electron chi connectivity index (χ0n) is 23.6. The van der Waals surface area contributed by atoms with E-state index in [0.29, 0.717) is 62.9 Å². The van der Waals surface area contributed by atoms with Gasteiger partial charge in [-0.15, -0.1) is 0 Å². The van der Waals surface area contributed by atoms with Crippen molar-refractivity contribution < 1.29 is 48.3 Å². The third-order valence-electron chi connectivity index (χ3n) is 5.88. The van der Waals surface area contributed by atoms with E-state index in [9.17, 15) is 44.0 Å². The highest BCUT2D eigenvalue weighted by molar-refractivity contribution is 7.85. The third-order valence-corrected chi connectivity index (χ3v) is 5.88. The molecule has 0 atom stereocenters. The Kier molecular flexibility index (Phi) is 12.8. The second-order valence-electron chi connectivity index (χ2n) is 9.69. The maximum absolute atomic E-state index is 13.3. The fourth-order valence-corrected chi connectivity index (χ4v) is 4.05. The molecule has 4 rings (SSSR count). The van der Waals surface area contributed by atoms with Crippen molar-refractivity contribution in [3.05, 3.63) is 75.8 Å². The van der Waals surface area contributed by atoms with Gasteiger partial charge in [0.1, 0.15) is 11.5 Å². The first-order chi connectivity index (χ1) is 20.2. The number of carbonyl (C=O) groups excluding carboxylic acids is 1. The van der Waals surface area contributed by atoms with Gasteiger partial charge < -0.3 is 15.2 Å². The van der Waals surface area contributed by atoms with Crippen molar-refractivity contribution in [1.82, 2.24) is 15.2 Å². The smallest absolute Gasteiger partial charge is 0.369 e. The fourth-order valence-electron chi connectivity index (χ4n) is 4.05. The van der Waals surface area contributed by atoms with Crippen molar-refractivity contribution in [2.24, 2.45) is 0 Å². The van der Waals surface area contributed by atoms with Crippen LogP contribution in [0.15, 0.2) is 53.3 Å². The number of aromatic amines is 1. The van der Waals surface area contributed by atoms with Gasteiger partial charge >= 0.3 is 6.18 Å². The lowest BCUT2D eigenvalue weighted by molar-refractivity contribution is -0.137. The quantitative estimate of drug-likeness (QED) is 0.174. The number of halogens is 4. The van der Waals surface area contributed by atoms with E-state index >= 15 is 0 Å². The summed E-state index contributed by atoms with van der Waals surface area (Å²) in [6.45, 7) is 3.77. The van der Waals surface area contributed by atoms with E-state index in [2.05, 4.69) is 15.2 Å². The summed E-state index contributed by atoms with van der Waals surface area (Å²) in [4.78, 5) is 31.5. The molecule has 1 amide bonds. The minimum Gasteiger partial charge on any atom is -0.369 e. The number of piperazine rings is 1. The molecule has 4 N–H and O–H groups in total. The number of aromatic nitrogens is 1. The molecule has 0 spiro atoms. The Morgan fingerprint density at radius 2 is 1.55 bits per heavy atom. The highest BCUT2D eigenvalue weighted by Gasteiger charge is 2.31. The van der Waals surface area contributed by atoms with E-state index < -0.39 is 49.1 Å². The van der Waals surface area contributed by atoms with Gasteiger partial charge in [0, 0.05) is 49.9 Å². The second kappa shape index (κ2) is 15.4. The van der Waals surface area contributed by atoms with E-state index in [4.69, 9.17) is 9.11 Å². The topological polar surface area (TPSA) is 177 Å². The van der Waals surface area contributed by atoms with Gasteiger partial charge in [-0.2, -0.15) is 30.0 Å². The highest BCUT2D eigenvalue weighted by atomic mass is 32.2. The number of fused-ring (bicyclic) bond motifs is 1. The van der Waals surface area contributed by atoms with Gasteiger partial charge in [-0.05, 0) is 49.4 Å². The van der Waals surface area contributed by atoms with Crippen LogP contribution in [-0.2, 0) is 26.4 Å². The van der Waals surface area contributed by atoms with Crippen LogP contribution in [0.25, 0.3) is 10.9 Å². The number of anilines is 1. The number of benzene rings is 2. The molecule has 1 fully saturated rings. The van der Waals surface area contributed by atoms with Crippen LogP contribution in [0.4, 0.5) is 23.2 Å². The fraction of sp³-hybridized carbons (Fsp3) is 0.385. The van der Waals surface area contributed by atoms with Crippen LogP contribution in [-0.4, -0.2) is 93.5 Å². The molecule has 1 aliphatic rings. The Hall–Kier alpha value is -3.58. The Labute approximate surface area is 251 Å². The van der Waals surface area contributed by atoms with Crippen LogP contribution < -0.4 is 15.6 Å². The number of hydrogen-bond donors (Lipinski definition) is 4. The molecule has 0 radical (unpaired) electrons. The molecule has 0 saturated carbocycles. The molecule has 3 aromatic rings. The average molecular weight is 669 g/mol. The van der Waals surface area contributed by atoms with Gasteiger partial charge in [0.15, 0.2) is 5.43 Å². The molecule has 44 heavy (non-hydrogen) atoms. The Bertz CT molecular complexity index is 1660. The number of hydrogen-bond acceptors (Lipinski definition) is 8. The molecule has 1 saturated heterocycles. The summed E-state index contributed by atoms with van der Waals surface area (Å²) < 4.78 is 104. The predicted octanol–water partition coefficient (Wildman–Crippen LogP) is 2.64. The molecule has 0 bridgehead atoms. The van der Waals surface area contributed by atoms with E-state index in [1.54, 1.807) is 6.07 Å². The summed E-state index contributed by atoms with van der Waals surface area (Å²) in [6, 6.07) is 10.3. The lowest BCUT2D eigenvalue weighted by atomic mass is 10.1. The first kappa shape index (κ1) is 36.6. The van der Waals surface area contributed by atoms with Crippen molar-refractivity contribution in [2.75, 3.05) is 56.7 Å². The molecule has 12 nitrogen and oxygen atoms in total. The zero-order chi connectivity index (χ0) is 33.3. The van der Waals surface area contributed by atoms with Gasteiger partial charge in [0.25, 0.3) is 26.1 Å². The SMILES string of the molecule is CS(=O)(=O)O.CS(=O)(=O)O.O=C(NCCCN1CCN(c2cccc(C(F)(F)F)c2)CC1)c1cc(=O)c2cc(F)ccc2[nH]1. The predicted molar refractivity (Wildman–Crippen MR) is 157 cm³/mol. The monoisotopic (exact) mass is 668 g/mol. The van der Waals surface area contributed by atoms with Crippen molar-refractivity contribution in [1.29, 1.82) is 0 Å². The molecule has 18 heteroatoms. The van der Waals surface area contributed by atoms with E-state index in [1.165, 1.54) is 24.3 Å². The summed E-state index contributed by atoms with van der Waals surface area (Å²) in [6.07, 6.45) is -2.25. The molecule has 0 unspecified atom stereocenters. The number of rotatable bonds is 6. The average Bonchev–Trinajstić information content (AvgIpc) is 2.89. The minimum absolute atomic E-state index is 0.110. The van der Waals surface area contributed by atoms with Crippen LogP contribution in [0.5, 0.6) is 0 Å². The molecule has 1 aliphatic heterocycles. The van der Waals surface area contributed by atoms with Gasteiger partial charge in [-0.3, -0.25) is 23.6 Å². The van der Waals surface area contributed by atoms with E-state index in [-0.39, 0.29) is 11.1 Å². The van der Waals surface area contributed by atoms with E-state index in [0.717, 1.165) is 24.7 Å². The van der Waals surface area contributed by atoms with Crippen LogP contribution in [0.3, 0.4) is 0 Å². The maximum atomic E-state index is 13.3.